The SMILES string of the molecule is N#C/C(=C/c1cccn1-c1ccccc1)C(=O)NCc1ccco1. The van der Waals surface area contributed by atoms with Crippen LogP contribution < -0.4 is 5.32 Å². The normalized spacial score (nSPS) is 11.0. The summed E-state index contributed by atoms with van der Waals surface area (Å²) >= 11 is 0. The zero-order valence-corrected chi connectivity index (χ0v) is 12.8. The summed E-state index contributed by atoms with van der Waals surface area (Å²) < 4.78 is 7.07. The summed E-state index contributed by atoms with van der Waals surface area (Å²) in [5.41, 5.74) is 1.75. The minimum Gasteiger partial charge on any atom is -0.467 e. The summed E-state index contributed by atoms with van der Waals surface area (Å²) in [7, 11) is 0. The van der Waals surface area contributed by atoms with Crippen LogP contribution in [0.5, 0.6) is 0 Å². The van der Waals surface area contributed by atoms with E-state index in [0.717, 1.165) is 11.4 Å². The van der Waals surface area contributed by atoms with Crippen LogP contribution >= 0.6 is 0 Å². The second-order valence-electron chi connectivity index (χ2n) is 5.07. The van der Waals surface area contributed by atoms with Crippen molar-refractivity contribution in [3.63, 3.8) is 0 Å². The Morgan fingerprint density at radius 3 is 2.71 bits per heavy atom. The van der Waals surface area contributed by atoms with Gasteiger partial charge in [0.1, 0.15) is 17.4 Å². The Bertz CT molecular complexity index is 884. The fraction of sp³-hybridized carbons (Fsp3) is 0.0526. The van der Waals surface area contributed by atoms with E-state index in [4.69, 9.17) is 4.42 Å². The lowest BCUT2D eigenvalue weighted by Crippen LogP contribution is -2.23. The van der Waals surface area contributed by atoms with E-state index in [0.29, 0.717) is 5.76 Å². The molecule has 0 unspecified atom stereocenters. The van der Waals surface area contributed by atoms with Crippen molar-refractivity contribution in [2.45, 2.75) is 6.54 Å². The summed E-state index contributed by atoms with van der Waals surface area (Å²) in [6.45, 7) is 0.241. The minimum atomic E-state index is -0.435. The highest BCUT2D eigenvalue weighted by molar-refractivity contribution is 6.01. The smallest absolute Gasteiger partial charge is 0.262 e. The van der Waals surface area contributed by atoms with Crippen LogP contribution in [0.4, 0.5) is 0 Å². The number of hydrogen-bond acceptors (Lipinski definition) is 3. The third-order valence-corrected chi connectivity index (χ3v) is 3.48. The van der Waals surface area contributed by atoms with Gasteiger partial charge in [-0.1, -0.05) is 18.2 Å². The maximum absolute atomic E-state index is 12.2. The van der Waals surface area contributed by atoms with Crippen molar-refractivity contribution in [2.24, 2.45) is 0 Å². The molecule has 0 aliphatic rings. The Labute approximate surface area is 139 Å². The van der Waals surface area contributed by atoms with Crippen molar-refractivity contribution in [3.05, 3.63) is 84.1 Å². The van der Waals surface area contributed by atoms with Crippen molar-refractivity contribution < 1.29 is 9.21 Å². The van der Waals surface area contributed by atoms with Gasteiger partial charge in [-0.25, -0.2) is 0 Å². The molecule has 0 aliphatic carbocycles. The molecule has 5 heteroatoms. The van der Waals surface area contributed by atoms with Gasteiger partial charge in [-0.15, -0.1) is 0 Å². The van der Waals surface area contributed by atoms with Crippen LogP contribution in [0.15, 0.2) is 77.0 Å². The first kappa shape index (κ1) is 15.4. The molecule has 5 nitrogen and oxygen atoms in total. The lowest BCUT2D eigenvalue weighted by molar-refractivity contribution is -0.117. The predicted molar refractivity (Wildman–Crippen MR) is 89.9 cm³/mol. The summed E-state index contributed by atoms with van der Waals surface area (Å²) in [4.78, 5) is 12.2. The molecule has 3 aromatic rings. The molecule has 0 aliphatic heterocycles. The molecule has 3 rings (SSSR count). The van der Waals surface area contributed by atoms with Gasteiger partial charge in [0, 0.05) is 17.6 Å². The van der Waals surface area contributed by atoms with Gasteiger partial charge in [0.15, 0.2) is 0 Å². The molecule has 1 amide bonds. The van der Waals surface area contributed by atoms with E-state index in [1.165, 1.54) is 6.26 Å². The van der Waals surface area contributed by atoms with E-state index in [1.807, 2.05) is 59.3 Å². The second kappa shape index (κ2) is 7.16. The second-order valence-corrected chi connectivity index (χ2v) is 5.07. The van der Waals surface area contributed by atoms with Gasteiger partial charge in [-0.3, -0.25) is 4.79 Å². The molecule has 24 heavy (non-hydrogen) atoms. The van der Waals surface area contributed by atoms with Crippen molar-refractivity contribution >= 4 is 12.0 Å². The van der Waals surface area contributed by atoms with Crippen molar-refractivity contribution in [1.82, 2.24) is 9.88 Å². The van der Waals surface area contributed by atoms with Crippen LogP contribution in [0.3, 0.4) is 0 Å². The molecular weight excluding hydrogens is 302 g/mol. The van der Waals surface area contributed by atoms with E-state index in [2.05, 4.69) is 5.32 Å². The number of carbonyl (C=O) groups excluding carboxylic acids is 1. The van der Waals surface area contributed by atoms with E-state index in [9.17, 15) is 10.1 Å². The molecule has 0 fully saturated rings. The highest BCUT2D eigenvalue weighted by atomic mass is 16.3. The first-order valence-electron chi connectivity index (χ1n) is 7.43. The van der Waals surface area contributed by atoms with Crippen molar-refractivity contribution in [3.8, 4) is 11.8 Å². The van der Waals surface area contributed by atoms with Gasteiger partial charge in [-0.2, -0.15) is 5.26 Å². The molecule has 2 aromatic heterocycles. The molecular formula is C19H15N3O2. The Kier molecular flexibility index (Phi) is 4.59. The number of amides is 1. The number of para-hydroxylation sites is 1. The standard InChI is InChI=1S/C19H15N3O2/c20-13-15(19(23)21-14-18-9-5-11-24-18)12-17-8-4-10-22(17)16-6-2-1-3-7-16/h1-12H,14H2,(H,21,23)/b15-12-. The van der Waals surface area contributed by atoms with E-state index in [-0.39, 0.29) is 12.1 Å². The first-order chi connectivity index (χ1) is 11.8. The Morgan fingerprint density at radius 2 is 2.00 bits per heavy atom. The van der Waals surface area contributed by atoms with Crippen LogP contribution in [-0.2, 0) is 11.3 Å². The van der Waals surface area contributed by atoms with Gasteiger partial charge in [0.05, 0.1) is 12.8 Å². The largest absolute Gasteiger partial charge is 0.467 e. The molecule has 118 valence electrons. The molecule has 0 bridgehead atoms. The van der Waals surface area contributed by atoms with Crippen LogP contribution in [0.1, 0.15) is 11.5 Å². The van der Waals surface area contributed by atoms with Gasteiger partial charge in [-0.05, 0) is 42.5 Å². The number of nitrogens with zero attached hydrogens (tertiary/aromatic N) is 2. The molecule has 0 radical (unpaired) electrons. The van der Waals surface area contributed by atoms with Crippen LogP contribution in [0.2, 0.25) is 0 Å². The van der Waals surface area contributed by atoms with Crippen molar-refractivity contribution in [2.75, 3.05) is 0 Å². The van der Waals surface area contributed by atoms with Crippen LogP contribution in [0.25, 0.3) is 11.8 Å². The zero-order chi connectivity index (χ0) is 16.8. The number of hydrogen-bond donors (Lipinski definition) is 1. The lowest BCUT2D eigenvalue weighted by atomic mass is 10.2. The van der Waals surface area contributed by atoms with Crippen molar-refractivity contribution in [1.29, 1.82) is 5.26 Å². The van der Waals surface area contributed by atoms with E-state index >= 15 is 0 Å². The molecule has 1 aromatic carbocycles. The van der Waals surface area contributed by atoms with Crippen LogP contribution in [0, 0.1) is 11.3 Å². The zero-order valence-electron chi connectivity index (χ0n) is 12.8. The highest BCUT2D eigenvalue weighted by Gasteiger charge is 2.11. The fourth-order valence-corrected chi connectivity index (χ4v) is 2.31. The average Bonchev–Trinajstić information content (AvgIpc) is 3.30. The van der Waals surface area contributed by atoms with E-state index in [1.54, 1.807) is 18.2 Å². The number of rotatable bonds is 5. The summed E-state index contributed by atoms with van der Waals surface area (Å²) in [5, 5.41) is 12.0. The number of benzene rings is 1. The van der Waals surface area contributed by atoms with Gasteiger partial charge in [0.2, 0.25) is 0 Å². The maximum atomic E-state index is 12.2. The maximum Gasteiger partial charge on any atom is 0.262 e. The Morgan fingerprint density at radius 1 is 1.17 bits per heavy atom. The molecule has 0 saturated carbocycles. The number of carbonyl (C=O) groups is 1. The molecule has 1 N–H and O–H groups in total. The highest BCUT2D eigenvalue weighted by Crippen LogP contribution is 2.15. The number of furan rings is 1. The number of nitriles is 1. The third-order valence-electron chi connectivity index (χ3n) is 3.48. The quantitative estimate of drug-likeness (QED) is 0.580. The summed E-state index contributed by atoms with van der Waals surface area (Å²) in [6, 6.07) is 18.9. The Balaban J connectivity index is 1.80. The molecule has 0 atom stereocenters. The van der Waals surface area contributed by atoms with Gasteiger partial charge >= 0.3 is 0 Å². The molecule has 0 saturated heterocycles. The number of nitrogens with one attached hydrogen (secondary N) is 1. The summed E-state index contributed by atoms with van der Waals surface area (Å²) in [6.07, 6.45) is 5.00. The number of aromatic nitrogens is 1. The average molecular weight is 317 g/mol. The third kappa shape index (κ3) is 3.45. The monoisotopic (exact) mass is 317 g/mol. The van der Waals surface area contributed by atoms with Crippen LogP contribution in [-0.4, -0.2) is 10.5 Å². The van der Waals surface area contributed by atoms with Gasteiger partial charge < -0.3 is 14.3 Å². The molecule has 2 heterocycles. The molecule has 0 spiro atoms. The minimum absolute atomic E-state index is 0.0393. The summed E-state index contributed by atoms with van der Waals surface area (Å²) in [5.74, 6) is 0.197. The van der Waals surface area contributed by atoms with E-state index < -0.39 is 5.91 Å². The lowest BCUT2D eigenvalue weighted by Gasteiger charge is -2.07. The Hall–Kier alpha value is -3.52. The fourth-order valence-electron chi connectivity index (χ4n) is 2.31. The van der Waals surface area contributed by atoms with Gasteiger partial charge in [0.25, 0.3) is 5.91 Å². The first-order valence-corrected chi connectivity index (χ1v) is 7.43. The topological polar surface area (TPSA) is 71.0 Å². The predicted octanol–water partition coefficient (Wildman–Crippen LogP) is 3.29.